The predicted molar refractivity (Wildman–Crippen MR) is 88.2 cm³/mol. The lowest BCUT2D eigenvalue weighted by atomic mass is 10.3. The van der Waals surface area contributed by atoms with Crippen molar-refractivity contribution < 1.29 is 4.79 Å². The molecule has 9 heteroatoms. The lowest BCUT2D eigenvalue weighted by molar-refractivity contribution is -0.120. The molecule has 2 rings (SSSR count). The summed E-state index contributed by atoms with van der Waals surface area (Å²) in [6, 6.07) is 1.22. The Kier molecular flexibility index (Phi) is 5.96. The van der Waals surface area contributed by atoms with E-state index in [2.05, 4.69) is 27.2 Å². The van der Waals surface area contributed by atoms with E-state index in [0.717, 1.165) is 15.8 Å². The highest BCUT2D eigenvalue weighted by molar-refractivity contribution is 8.00. The Morgan fingerprint density at radius 3 is 3.05 bits per heavy atom. The molecule has 22 heavy (non-hydrogen) atoms. The number of nitrogen functional groups attached to an aromatic ring is 1. The van der Waals surface area contributed by atoms with Crippen LogP contribution in [0.3, 0.4) is 0 Å². The molecule has 0 saturated carbocycles. The van der Waals surface area contributed by atoms with Crippen LogP contribution in [0.15, 0.2) is 20.6 Å². The SMILES string of the molecule is CCSc1nc(CC(=O)NCCc2nc(N)cc(=O)[nH]2)cs1. The number of hydrogen-bond acceptors (Lipinski definition) is 7. The summed E-state index contributed by atoms with van der Waals surface area (Å²) in [5.74, 6) is 1.49. The van der Waals surface area contributed by atoms with Crippen molar-refractivity contribution in [2.45, 2.75) is 24.1 Å². The summed E-state index contributed by atoms with van der Waals surface area (Å²) in [5, 5.41) is 4.67. The second kappa shape index (κ2) is 7.95. The van der Waals surface area contributed by atoms with Crippen LogP contribution in [0.2, 0.25) is 0 Å². The van der Waals surface area contributed by atoms with Gasteiger partial charge in [0, 0.05) is 24.4 Å². The van der Waals surface area contributed by atoms with Crippen LogP contribution in [0.5, 0.6) is 0 Å². The molecule has 1 amide bonds. The van der Waals surface area contributed by atoms with E-state index in [4.69, 9.17) is 5.73 Å². The van der Waals surface area contributed by atoms with Gasteiger partial charge in [0.15, 0.2) is 0 Å². The fourth-order valence-corrected chi connectivity index (χ4v) is 3.50. The molecule has 0 bridgehead atoms. The first-order valence-corrected chi connectivity index (χ1v) is 8.63. The maximum Gasteiger partial charge on any atom is 0.252 e. The highest BCUT2D eigenvalue weighted by atomic mass is 32.2. The fourth-order valence-electron chi connectivity index (χ4n) is 1.75. The van der Waals surface area contributed by atoms with Gasteiger partial charge in [-0.1, -0.05) is 18.7 Å². The van der Waals surface area contributed by atoms with E-state index in [1.165, 1.54) is 6.07 Å². The van der Waals surface area contributed by atoms with E-state index in [9.17, 15) is 9.59 Å². The van der Waals surface area contributed by atoms with Crippen molar-refractivity contribution in [1.29, 1.82) is 0 Å². The molecular formula is C13H17N5O2S2. The van der Waals surface area contributed by atoms with Crippen molar-refractivity contribution in [3.05, 3.63) is 33.3 Å². The first kappa shape index (κ1) is 16.5. The number of amides is 1. The number of hydrogen-bond donors (Lipinski definition) is 3. The number of nitrogens with two attached hydrogens (primary N) is 1. The van der Waals surface area contributed by atoms with Gasteiger partial charge >= 0.3 is 0 Å². The van der Waals surface area contributed by atoms with Crippen LogP contribution in [-0.4, -0.2) is 33.2 Å². The summed E-state index contributed by atoms with van der Waals surface area (Å²) in [4.78, 5) is 34.0. The van der Waals surface area contributed by atoms with Crippen LogP contribution in [0.1, 0.15) is 18.4 Å². The molecule has 0 aliphatic rings. The molecule has 0 radical (unpaired) electrons. The zero-order chi connectivity index (χ0) is 15.9. The third kappa shape index (κ3) is 5.15. The van der Waals surface area contributed by atoms with E-state index in [-0.39, 0.29) is 23.7 Å². The molecule has 2 aromatic rings. The van der Waals surface area contributed by atoms with E-state index in [0.29, 0.717) is 18.8 Å². The summed E-state index contributed by atoms with van der Waals surface area (Å²) in [6.45, 7) is 2.44. The van der Waals surface area contributed by atoms with Gasteiger partial charge in [0.05, 0.1) is 12.1 Å². The maximum atomic E-state index is 11.8. The molecule has 2 aromatic heterocycles. The molecule has 4 N–H and O–H groups in total. The number of thiazole rings is 1. The molecule has 2 heterocycles. The van der Waals surface area contributed by atoms with Gasteiger partial charge in [-0.3, -0.25) is 9.59 Å². The molecule has 0 aliphatic carbocycles. The minimum Gasteiger partial charge on any atom is -0.383 e. The van der Waals surface area contributed by atoms with Crippen LogP contribution in [-0.2, 0) is 17.6 Å². The number of aromatic amines is 1. The largest absolute Gasteiger partial charge is 0.383 e. The lowest BCUT2D eigenvalue weighted by Crippen LogP contribution is -2.28. The number of carbonyl (C=O) groups is 1. The Morgan fingerprint density at radius 1 is 1.50 bits per heavy atom. The van der Waals surface area contributed by atoms with Crippen LogP contribution < -0.4 is 16.6 Å². The number of nitrogens with zero attached hydrogens (tertiary/aromatic N) is 2. The van der Waals surface area contributed by atoms with Gasteiger partial charge < -0.3 is 16.0 Å². The molecule has 0 atom stereocenters. The molecule has 118 valence electrons. The minimum absolute atomic E-state index is 0.107. The standard InChI is InChI=1S/C13H17N5O2S2/c1-2-21-13-16-8(7-22-13)5-11(19)15-4-3-10-17-9(14)6-12(20)18-10/h6-7H,2-5H2,1H3,(H,15,19)(H3,14,17,18,20). The van der Waals surface area contributed by atoms with Crippen molar-refractivity contribution in [3.63, 3.8) is 0 Å². The van der Waals surface area contributed by atoms with Crippen molar-refractivity contribution in [1.82, 2.24) is 20.3 Å². The minimum atomic E-state index is -0.294. The fraction of sp³-hybridized carbons (Fsp3) is 0.385. The summed E-state index contributed by atoms with van der Waals surface area (Å²) < 4.78 is 0.979. The Balaban J connectivity index is 1.78. The average Bonchev–Trinajstić information content (AvgIpc) is 2.85. The topological polar surface area (TPSA) is 114 Å². The van der Waals surface area contributed by atoms with Crippen LogP contribution in [0.25, 0.3) is 0 Å². The summed E-state index contributed by atoms with van der Waals surface area (Å²) in [5.41, 5.74) is 5.97. The number of rotatable bonds is 7. The molecular weight excluding hydrogens is 322 g/mol. The van der Waals surface area contributed by atoms with Crippen LogP contribution >= 0.6 is 23.1 Å². The van der Waals surface area contributed by atoms with E-state index < -0.39 is 0 Å². The number of aromatic nitrogens is 3. The van der Waals surface area contributed by atoms with Crippen LogP contribution in [0.4, 0.5) is 5.82 Å². The highest BCUT2D eigenvalue weighted by Gasteiger charge is 2.08. The molecule has 7 nitrogen and oxygen atoms in total. The Hall–Kier alpha value is -1.87. The smallest absolute Gasteiger partial charge is 0.252 e. The van der Waals surface area contributed by atoms with Gasteiger partial charge in [0.1, 0.15) is 16.0 Å². The first-order valence-electron chi connectivity index (χ1n) is 6.76. The van der Waals surface area contributed by atoms with Crippen molar-refractivity contribution in [3.8, 4) is 0 Å². The van der Waals surface area contributed by atoms with Crippen LogP contribution in [0, 0.1) is 0 Å². The van der Waals surface area contributed by atoms with E-state index >= 15 is 0 Å². The number of carbonyl (C=O) groups excluding carboxylic acids is 1. The second-order valence-corrected chi connectivity index (χ2v) is 6.80. The maximum absolute atomic E-state index is 11.8. The zero-order valence-corrected chi connectivity index (χ0v) is 13.7. The van der Waals surface area contributed by atoms with Gasteiger partial charge in [-0.15, -0.1) is 11.3 Å². The van der Waals surface area contributed by atoms with Crippen molar-refractivity contribution in [2.24, 2.45) is 0 Å². The normalized spacial score (nSPS) is 10.6. The number of anilines is 1. The molecule has 0 aliphatic heterocycles. The molecule has 0 spiro atoms. The third-order valence-corrected chi connectivity index (χ3v) is 4.59. The van der Waals surface area contributed by atoms with Gasteiger partial charge in [0.2, 0.25) is 5.91 Å². The summed E-state index contributed by atoms with van der Waals surface area (Å²) >= 11 is 3.21. The number of thioether (sulfide) groups is 1. The van der Waals surface area contributed by atoms with Gasteiger partial charge in [0.25, 0.3) is 5.56 Å². The third-order valence-electron chi connectivity index (χ3n) is 2.63. The quantitative estimate of drug-likeness (QED) is 0.644. The molecule has 0 fully saturated rings. The second-order valence-electron chi connectivity index (χ2n) is 4.43. The first-order chi connectivity index (χ1) is 10.6. The summed E-state index contributed by atoms with van der Waals surface area (Å²) in [6.07, 6.45) is 0.668. The number of nitrogens with one attached hydrogen (secondary N) is 2. The van der Waals surface area contributed by atoms with Gasteiger partial charge in [-0.05, 0) is 5.75 Å². The van der Waals surface area contributed by atoms with Gasteiger partial charge in [-0.2, -0.15) is 0 Å². The average molecular weight is 339 g/mol. The molecule has 0 unspecified atom stereocenters. The Morgan fingerprint density at radius 2 is 2.32 bits per heavy atom. The summed E-state index contributed by atoms with van der Waals surface area (Å²) in [7, 11) is 0. The molecule has 0 aromatic carbocycles. The predicted octanol–water partition coefficient (Wildman–Crippen LogP) is 0.822. The monoisotopic (exact) mass is 339 g/mol. The van der Waals surface area contributed by atoms with Crippen molar-refractivity contribution in [2.75, 3.05) is 18.0 Å². The zero-order valence-electron chi connectivity index (χ0n) is 12.1. The van der Waals surface area contributed by atoms with Crippen molar-refractivity contribution >= 4 is 34.8 Å². The molecule has 0 saturated heterocycles. The Bertz CT molecular complexity index is 698. The van der Waals surface area contributed by atoms with E-state index in [1.54, 1.807) is 23.1 Å². The lowest BCUT2D eigenvalue weighted by Gasteiger charge is -2.04. The highest BCUT2D eigenvalue weighted by Crippen LogP contribution is 2.22. The number of H-pyrrole nitrogens is 1. The van der Waals surface area contributed by atoms with E-state index in [1.807, 2.05) is 5.38 Å². The Labute approximate surface area is 135 Å². The van der Waals surface area contributed by atoms with Gasteiger partial charge in [-0.25, -0.2) is 9.97 Å².